The highest BCUT2D eigenvalue weighted by Crippen LogP contribution is 2.26. The molecule has 150 valence electrons. The molecule has 0 saturated carbocycles. The Morgan fingerprint density at radius 1 is 1.10 bits per heavy atom. The van der Waals surface area contributed by atoms with Crippen LogP contribution in [0.5, 0.6) is 5.75 Å². The van der Waals surface area contributed by atoms with Crippen molar-refractivity contribution in [3.63, 3.8) is 0 Å². The number of halogens is 2. The maximum atomic E-state index is 13.0. The van der Waals surface area contributed by atoms with E-state index < -0.39 is 6.61 Å². The van der Waals surface area contributed by atoms with Crippen molar-refractivity contribution in [2.24, 2.45) is 0 Å². The number of aromatic nitrogens is 1. The summed E-state index contributed by atoms with van der Waals surface area (Å²) < 4.78 is 29.2. The zero-order valence-electron chi connectivity index (χ0n) is 15.8. The lowest BCUT2D eigenvalue weighted by atomic mass is 10.1. The third-order valence-electron chi connectivity index (χ3n) is 4.93. The van der Waals surface area contributed by atoms with E-state index in [9.17, 15) is 13.6 Å². The van der Waals surface area contributed by atoms with Crippen LogP contribution in [0.3, 0.4) is 0 Å². The smallest absolute Gasteiger partial charge is 0.387 e. The number of nitrogens with zero attached hydrogens (tertiary/aromatic N) is 2. The van der Waals surface area contributed by atoms with Crippen molar-refractivity contribution >= 4 is 22.6 Å². The van der Waals surface area contributed by atoms with Crippen LogP contribution in [0.15, 0.2) is 54.6 Å². The Bertz CT molecular complexity index is 1020. The first-order valence-corrected chi connectivity index (χ1v) is 9.57. The van der Waals surface area contributed by atoms with Crippen molar-refractivity contribution in [2.75, 3.05) is 18.0 Å². The lowest BCUT2D eigenvalue weighted by Crippen LogP contribution is -2.28. The Balaban J connectivity index is 1.57. The van der Waals surface area contributed by atoms with E-state index in [4.69, 9.17) is 4.98 Å². The summed E-state index contributed by atoms with van der Waals surface area (Å²) in [4.78, 5) is 19.9. The highest BCUT2D eigenvalue weighted by molar-refractivity contribution is 6.02. The molecule has 0 spiro atoms. The van der Waals surface area contributed by atoms with E-state index in [1.54, 1.807) is 12.1 Å². The minimum atomic E-state index is -2.88. The van der Waals surface area contributed by atoms with Crippen LogP contribution in [-0.2, 0) is 6.54 Å². The number of benzene rings is 2. The zero-order chi connectivity index (χ0) is 20.2. The molecule has 1 saturated heterocycles. The van der Waals surface area contributed by atoms with Gasteiger partial charge in [0, 0.05) is 25.0 Å². The molecule has 2 aromatic carbocycles. The van der Waals surface area contributed by atoms with E-state index in [0.717, 1.165) is 36.8 Å². The van der Waals surface area contributed by atoms with Gasteiger partial charge in [0.2, 0.25) is 0 Å². The van der Waals surface area contributed by atoms with E-state index in [1.807, 2.05) is 30.3 Å². The minimum absolute atomic E-state index is 0.0666. The fourth-order valence-electron chi connectivity index (χ4n) is 3.55. The third-order valence-corrected chi connectivity index (χ3v) is 4.93. The van der Waals surface area contributed by atoms with Gasteiger partial charge >= 0.3 is 6.61 Å². The Labute approximate surface area is 167 Å². The first-order valence-electron chi connectivity index (χ1n) is 9.57. The van der Waals surface area contributed by atoms with Crippen LogP contribution in [0.4, 0.5) is 14.6 Å². The molecule has 1 N–H and O–H groups in total. The van der Waals surface area contributed by atoms with E-state index >= 15 is 0 Å². The van der Waals surface area contributed by atoms with Gasteiger partial charge < -0.3 is 15.0 Å². The quantitative estimate of drug-likeness (QED) is 0.671. The Hall–Kier alpha value is -3.22. The molecule has 4 rings (SSSR count). The molecule has 1 amide bonds. The zero-order valence-corrected chi connectivity index (χ0v) is 15.8. The topological polar surface area (TPSA) is 54.5 Å². The number of hydrogen-bond acceptors (Lipinski definition) is 4. The average molecular weight is 397 g/mol. The first kappa shape index (κ1) is 19.1. The van der Waals surface area contributed by atoms with Gasteiger partial charge in [-0.05, 0) is 42.7 Å². The molecule has 3 aromatic rings. The molecule has 0 unspecified atom stereocenters. The van der Waals surface area contributed by atoms with E-state index in [2.05, 4.69) is 15.0 Å². The lowest BCUT2D eigenvalue weighted by molar-refractivity contribution is -0.0498. The summed E-state index contributed by atoms with van der Waals surface area (Å²) in [5.41, 5.74) is 2.04. The molecule has 2 heterocycles. The highest BCUT2D eigenvalue weighted by Gasteiger charge is 2.22. The van der Waals surface area contributed by atoms with E-state index in [-0.39, 0.29) is 18.2 Å². The number of carbonyl (C=O) groups excluding carboxylic acids is 1. The molecule has 1 fully saturated rings. The molecule has 5 nitrogen and oxygen atoms in total. The van der Waals surface area contributed by atoms with Gasteiger partial charge in [-0.1, -0.05) is 30.3 Å². The van der Waals surface area contributed by atoms with Crippen molar-refractivity contribution in [3.05, 3.63) is 65.7 Å². The Morgan fingerprint density at radius 3 is 2.69 bits per heavy atom. The summed E-state index contributed by atoms with van der Waals surface area (Å²) in [7, 11) is 0. The predicted molar refractivity (Wildman–Crippen MR) is 107 cm³/mol. The van der Waals surface area contributed by atoms with Crippen LogP contribution in [0, 0.1) is 0 Å². The maximum Gasteiger partial charge on any atom is 0.387 e. The standard InChI is InChI=1S/C22H21F2N3O2/c23-22(24)29-17-8-5-6-15(12-17)14-25-21(28)18-13-16-7-1-2-9-19(16)26-20(18)27-10-3-4-11-27/h1-2,5-9,12-13,22H,3-4,10-11,14H2,(H,25,28). The number of anilines is 1. The Kier molecular flexibility index (Phi) is 5.55. The molecule has 1 aliphatic rings. The number of amides is 1. The second kappa shape index (κ2) is 8.43. The number of alkyl halides is 2. The van der Waals surface area contributed by atoms with Gasteiger partial charge in [-0.15, -0.1) is 0 Å². The predicted octanol–water partition coefficient (Wildman–Crippen LogP) is 4.37. The summed E-state index contributed by atoms with van der Waals surface area (Å²) in [6, 6.07) is 15.9. The first-order chi connectivity index (χ1) is 14.1. The summed E-state index contributed by atoms with van der Waals surface area (Å²) in [6.07, 6.45) is 2.15. The van der Waals surface area contributed by atoms with Crippen LogP contribution < -0.4 is 15.0 Å². The number of para-hydroxylation sites is 1. The molecule has 29 heavy (non-hydrogen) atoms. The SMILES string of the molecule is O=C(NCc1cccc(OC(F)F)c1)c1cc2ccccc2nc1N1CCCC1. The lowest BCUT2D eigenvalue weighted by Gasteiger charge is -2.20. The minimum Gasteiger partial charge on any atom is -0.435 e. The van der Waals surface area contributed by atoms with Crippen LogP contribution in [0.2, 0.25) is 0 Å². The van der Waals surface area contributed by atoms with Gasteiger partial charge in [-0.2, -0.15) is 8.78 Å². The van der Waals surface area contributed by atoms with Crippen molar-refractivity contribution < 1.29 is 18.3 Å². The van der Waals surface area contributed by atoms with Gasteiger partial charge in [0.05, 0.1) is 11.1 Å². The molecule has 0 aliphatic carbocycles. The summed E-state index contributed by atoms with van der Waals surface area (Å²) >= 11 is 0. The van der Waals surface area contributed by atoms with Crippen LogP contribution in [0.25, 0.3) is 10.9 Å². The molecule has 1 aliphatic heterocycles. The number of rotatable bonds is 6. The van der Waals surface area contributed by atoms with Crippen molar-refractivity contribution in [1.29, 1.82) is 0 Å². The molecule has 0 atom stereocenters. The normalized spacial score (nSPS) is 13.8. The summed E-state index contributed by atoms with van der Waals surface area (Å²) in [6.45, 7) is -0.936. The van der Waals surface area contributed by atoms with Crippen LogP contribution in [-0.4, -0.2) is 30.6 Å². The number of carbonyl (C=O) groups is 1. The van der Waals surface area contributed by atoms with Gasteiger partial charge in [0.25, 0.3) is 5.91 Å². The number of nitrogens with one attached hydrogen (secondary N) is 1. The second-order valence-corrected chi connectivity index (χ2v) is 6.95. The average Bonchev–Trinajstić information content (AvgIpc) is 3.25. The number of hydrogen-bond donors (Lipinski definition) is 1. The largest absolute Gasteiger partial charge is 0.435 e. The van der Waals surface area contributed by atoms with Crippen molar-refractivity contribution in [1.82, 2.24) is 10.3 Å². The molecular formula is C22H21F2N3O2. The van der Waals surface area contributed by atoms with E-state index in [1.165, 1.54) is 12.1 Å². The molecule has 7 heteroatoms. The third kappa shape index (κ3) is 4.45. The summed E-state index contributed by atoms with van der Waals surface area (Å²) in [5, 5.41) is 3.77. The van der Waals surface area contributed by atoms with Gasteiger partial charge in [0.15, 0.2) is 0 Å². The summed E-state index contributed by atoms with van der Waals surface area (Å²) in [5.74, 6) is 0.510. The van der Waals surface area contributed by atoms with Crippen molar-refractivity contribution in [3.8, 4) is 5.75 Å². The fraction of sp³-hybridized carbons (Fsp3) is 0.273. The highest BCUT2D eigenvalue weighted by atomic mass is 19.3. The van der Waals surface area contributed by atoms with Crippen LogP contribution >= 0.6 is 0 Å². The van der Waals surface area contributed by atoms with Gasteiger partial charge in [-0.25, -0.2) is 4.98 Å². The fourth-order valence-corrected chi connectivity index (χ4v) is 3.55. The molecule has 0 bridgehead atoms. The number of pyridine rings is 1. The number of fused-ring (bicyclic) bond motifs is 1. The van der Waals surface area contributed by atoms with Gasteiger partial charge in [-0.3, -0.25) is 4.79 Å². The molecular weight excluding hydrogens is 376 g/mol. The second-order valence-electron chi connectivity index (χ2n) is 6.95. The Morgan fingerprint density at radius 2 is 1.90 bits per heavy atom. The maximum absolute atomic E-state index is 13.0. The van der Waals surface area contributed by atoms with Crippen LogP contribution in [0.1, 0.15) is 28.8 Å². The van der Waals surface area contributed by atoms with Gasteiger partial charge in [0.1, 0.15) is 11.6 Å². The number of ether oxygens (including phenoxy) is 1. The molecule has 0 radical (unpaired) electrons. The van der Waals surface area contributed by atoms with E-state index in [0.29, 0.717) is 16.9 Å². The molecule has 1 aromatic heterocycles. The van der Waals surface area contributed by atoms with Crippen molar-refractivity contribution in [2.45, 2.75) is 26.0 Å². The monoisotopic (exact) mass is 397 g/mol.